The Morgan fingerprint density at radius 1 is 1.33 bits per heavy atom. The van der Waals surface area contributed by atoms with Gasteiger partial charge in [0.1, 0.15) is 11.6 Å². The monoisotopic (exact) mass is 328 g/mol. The molecule has 1 atom stereocenters. The fourth-order valence-electron chi connectivity index (χ4n) is 2.49. The number of aromatic nitrogens is 5. The summed E-state index contributed by atoms with van der Waals surface area (Å²) in [6.45, 7) is 5.45. The molecular formula is C16H20N6O2. The SMILES string of the molecule is CC(C)(C)OC(=O)NC(Cc1c[nH]c2ccccc12)c1nn[nH]n1. The number of aromatic amines is 2. The fraction of sp³-hybridized carbons (Fsp3) is 0.375. The summed E-state index contributed by atoms with van der Waals surface area (Å²) >= 11 is 0. The molecule has 1 aromatic carbocycles. The van der Waals surface area contributed by atoms with Crippen molar-refractivity contribution in [1.29, 1.82) is 0 Å². The van der Waals surface area contributed by atoms with Crippen molar-refractivity contribution in [1.82, 2.24) is 30.9 Å². The Kier molecular flexibility index (Phi) is 4.20. The molecule has 1 amide bonds. The minimum absolute atomic E-state index is 0.408. The molecule has 0 saturated carbocycles. The van der Waals surface area contributed by atoms with Crippen LogP contribution in [0.2, 0.25) is 0 Å². The Labute approximate surface area is 139 Å². The number of amides is 1. The average molecular weight is 328 g/mol. The molecule has 8 nitrogen and oxygen atoms in total. The number of alkyl carbamates (subject to hydrolysis) is 1. The van der Waals surface area contributed by atoms with Crippen LogP contribution in [0.5, 0.6) is 0 Å². The van der Waals surface area contributed by atoms with E-state index in [0.717, 1.165) is 16.5 Å². The Morgan fingerprint density at radius 2 is 2.12 bits per heavy atom. The standard InChI is InChI=1S/C16H20N6O2/c1-16(2,3)24-15(23)18-13(14-19-21-22-20-14)8-10-9-17-12-7-5-4-6-11(10)12/h4-7,9,13,17H,8H2,1-3H3,(H,18,23)(H,19,20,21,22). The zero-order valence-corrected chi connectivity index (χ0v) is 13.8. The summed E-state index contributed by atoms with van der Waals surface area (Å²) < 4.78 is 5.33. The second-order valence-corrected chi connectivity index (χ2v) is 6.53. The Hall–Kier alpha value is -2.90. The van der Waals surface area contributed by atoms with Crippen molar-refractivity contribution in [2.24, 2.45) is 0 Å². The molecule has 126 valence electrons. The molecule has 1 unspecified atom stereocenters. The highest BCUT2D eigenvalue weighted by Gasteiger charge is 2.24. The van der Waals surface area contributed by atoms with Crippen LogP contribution in [0.1, 0.15) is 38.2 Å². The van der Waals surface area contributed by atoms with Gasteiger partial charge in [0.15, 0.2) is 5.82 Å². The van der Waals surface area contributed by atoms with Gasteiger partial charge < -0.3 is 15.0 Å². The Bertz CT molecular complexity index is 819. The molecule has 0 radical (unpaired) electrons. The molecule has 0 saturated heterocycles. The number of carbonyl (C=O) groups excluding carboxylic acids is 1. The first kappa shape index (κ1) is 16.0. The molecule has 0 fully saturated rings. The predicted octanol–water partition coefficient (Wildman–Crippen LogP) is 2.49. The van der Waals surface area contributed by atoms with E-state index in [2.05, 4.69) is 30.9 Å². The van der Waals surface area contributed by atoms with E-state index >= 15 is 0 Å². The lowest BCUT2D eigenvalue weighted by molar-refractivity contribution is 0.0501. The summed E-state index contributed by atoms with van der Waals surface area (Å²) in [4.78, 5) is 15.4. The number of ether oxygens (including phenoxy) is 1. The highest BCUT2D eigenvalue weighted by molar-refractivity contribution is 5.83. The van der Waals surface area contributed by atoms with Crippen molar-refractivity contribution in [3.8, 4) is 0 Å². The summed E-state index contributed by atoms with van der Waals surface area (Å²) in [5.41, 5.74) is 1.51. The second-order valence-electron chi connectivity index (χ2n) is 6.53. The third kappa shape index (κ3) is 3.70. The fourth-order valence-corrected chi connectivity index (χ4v) is 2.49. The van der Waals surface area contributed by atoms with Gasteiger partial charge in [0.2, 0.25) is 0 Å². The molecule has 24 heavy (non-hydrogen) atoms. The van der Waals surface area contributed by atoms with Crippen LogP contribution in [0.15, 0.2) is 30.5 Å². The first-order valence-corrected chi connectivity index (χ1v) is 7.70. The maximum absolute atomic E-state index is 12.1. The molecule has 2 heterocycles. The highest BCUT2D eigenvalue weighted by Crippen LogP contribution is 2.23. The topological polar surface area (TPSA) is 109 Å². The lowest BCUT2D eigenvalue weighted by atomic mass is 10.0. The van der Waals surface area contributed by atoms with Gasteiger partial charge in [-0.1, -0.05) is 23.4 Å². The Morgan fingerprint density at radius 3 is 2.83 bits per heavy atom. The van der Waals surface area contributed by atoms with Crippen molar-refractivity contribution in [3.63, 3.8) is 0 Å². The first-order chi connectivity index (χ1) is 11.4. The number of nitrogens with one attached hydrogen (secondary N) is 3. The Balaban J connectivity index is 1.82. The molecule has 3 aromatic rings. The summed E-state index contributed by atoms with van der Waals surface area (Å²) in [7, 11) is 0. The van der Waals surface area contributed by atoms with Crippen LogP contribution >= 0.6 is 0 Å². The van der Waals surface area contributed by atoms with Gasteiger partial charge >= 0.3 is 6.09 Å². The van der Waals surface area contributed by atoms with Gasteiger partial charge in [-0.15, -0.1) is 10.2 Å². The summed E-state index contributed by atoms with van der Waals surface area (Å²) in [5, 5.41) is 17.9. The number of hydrogen-bond donors (Lipinski definition) is 3. The smallest absolute Gasteiger partial charge is 0.408 e. The second kappa shape index (κ2) is 6.31. The minimum atomic E-state index is -0.577. The molecule has 0 bridgehead atoms. The quantitative estimate of drug-likeness (QED) is 0.682. The van der Waals surface area contributed by atoms with Crippen LogP contribution in [-0.4, -0.2) is 37.3 Å². The molecule has 0 aliphatic heterocycles. The molecule has 0 aliphatic rings. The molecule has 8 heteroatoms. The maximum atomic E-state index is 12.1. The molecule has 0 spiro atoms. The number of tetrazole rings is 1. The number of benzene rings is 1. The molecule has 3 N–H and O–H groups in total. The predicted molar refractivity (Wildman–Crippen MR) is 88.3 cm³/mol. The summed E-state index contributed by atoms with van der Waals surface area (Å²) in [6.07, 6.45) is 1.93. The van der Waals surface area contributed by atoms with E-state index in [-0.39, 0.29) is 0 Å². The largest absolute Gasteiger partial charge is 0.444 e. The number of rotatable bonds is 4. The van der Waals surface area contributed by atoms with E-state index in [1.807, 2.05) is 51.2 Å². The van der Waals surface area contributed by atoms with E-state index in [4.69, 9.17) is 4.74 Å². The van der Waals surface area contributed by atoms with Gasteiger partial charge in [-0.2, -0.15) is 5.21 Å². The van der Waals surface area contributed by atoms with E-state index in [1.54, 1.807) is 0 Å². The van der Waals surface area contributed by atoms with E-state index in [1.165, 1.54) is 0 Å². The van der Waals surface area contributed by atoms with Crippen molar-refractivity contribution >= 4 is 17.0 Å². The maximum Gasteiger partial charge on any atom is 0.408 e. The van der Waals surface area contributed by atoms with Crippen molar-refractivity contribution in [3.05, 3.63) is 41.9 Å². The summed E-state index contributed by atoms with van der Waals surface area (Å²) in [5.74, 6) is 0.408. The zero-order valence-electron chi connectivity index (χ0n) is 13.8. The van der Waals surface area contributed by atoms with E-state index in [9.17, 15) is 4.79 Å². The van der Waals surface area contributed by atoms with E-state index in [0.29, 0.717) is 12.2 Å². The lowest BCUT2D eigenvalue weighted by Gasteiger charge is -2.22. The van der Waals surface area contributed by atoms with Gasteiger partial charge in [-0.25, -0.2) is 4.79 Å². The molecule has 2 aromatic heterocycles. The van der Waals surface area contributed by atoms with Crippen LogP contribution in [-0.2, 0) is 11.2 Å². The van der Waals surface area contributed by atoms with Crippen LogP contribution in [0, 0.1) is 0 Å². The molecular weight excluding hydrogens is 308 g/mol. The first-order valence-electron chi connectivity index (χ1n) is 7.70. The number of hydrogen-bond acceptors (Lipinski definition) is 5. The van der Waals surface area contributed by atoms with E-state index < -0.39 is 17.7 Å². The highest BCUT2D eigenvalue weighted by atomic mass is 16.6. The minimum Gasteiger partial charge on any atom is -0.444 e. The van der Waals surface area contributed by atoms with Crippen LogP contribution in [0.3, 0.4) is 0 Å². The van der Waals surface area contributed by atoms with Crippen LogP contribution in [0.4, 0.5) is 4.79 Å². The molecule has 0 aliphatic carbocycles. The van der Waals surface area contributed by atoms with Gasteiger partial charge in [0, 0.05) is 23.5 Å². The van der Waals surface area contributed by atoms with Gasteiger partial charge in [-0.3, -0.25) is 0 Å². The van der Waals surface area contributed by atoms with Gasteiger partial charge in [0.05, 0.1) is 0 Å². The average Bonchev–Trinajstić information content (AvgIpc) is 3.14. The number of carbonyl (C=O) groups is 1. The third-order valence-electron chi connectivity index (χ3n) is 3.46. The number of nitrogens with zero attached hydrogens (tertiary/aromatic N) is 3. The lowest BCUT2D eigenvalue weighted by Crippen LogP contribution is -2.36. The molecule has 3 rings (SSSR count). The van der Waals surface area contributed by atoms with Crippen molar-refractivity contribution < 1.29 is 9.53 Å². The van der Waals surface area contributed by atoms with Crippen LogP contribution in [0.25, 0.3) is 10.9 Å². The van der Waals surface area contributed by atoms with Gasteiger partial charge in [0.25, 0.3) is 0 Å². The normalized spacial score (nSPS) is 13.0. The van der Waals surface area contributed by atoms with Gasteiger partial charge in [-0.05, 0) is 32.4 Å². The van der Waals surface area contributed by atoms with Crippen molar-refractivity contribution in [2.75, 3.05) is 0 Å². The van der Waals surface area contributed by atoms with Crippen LogP contribution < -0.4 is 5.32 Å². The number of fused-ring (bicyclic) bond motifs is 1. The summed E-state index contributed by atoms with van der Waals surface area (Å²) in [6, 6.07) is 7.53. The zero-order chi connectivity index (χ0) is 17.2. The number of para-hydroxylation sites is 1. The number of H-pyrrole nitrogens is 2. The third-order valence-corrected chi connectivity index (χ3v) is 3.46. The van der Waals surface area contributed by atoms with Crippen molar-refractivity contribution in [2.45, 2.75) is 38.8 Å².